The molecule has 0 saturated carbocycles. The highest BCUT2D eigenvalue weighted by molar-refractivity contribution is 6.02. The molecule has 3 saturated heterocycles. The number of nitrogens with zero attached hydrogens (tertiary/aromatic N) is 5. The van der Waals surface area contributed by atoms with Gasteiger partial charge in [0.25, 0.3) is 0 Å². The second-order valence-corrected chi connectivity index (χ2v) is 13.5. The summed E-state index contributed by atoms with van der Waals surface area (Å²) in [5.74, 6) is 2.07. The Kier molecular flexibility index (Phi) is 7.11. The zero-order valence-corrected chi connectivity index (χ0v) is 26.1. The number of nitrogens with one attached hydrogen (secondary N) is 1. The lowest BCUT2D eigenvalue weighted by atomic mass is 9.93. The zero-order valence-electron chi connectivity index (χ0n) is 26.1. The van der Waals surface area contributed by atoms with E-state index in [1.54, 1.807) is 18.2 Å². The average Bonchev–Trinajstić information content (AvgIpc) is 3.56. The van der Waals surface area contributed by atoms with Crippen LogP contribution >= 0.6 is 0 Å². The zero-order chi connectivity index (χ0) is 31.7. The van der Waals surface area contributed by atoms with Gasteiger partial charge in [-0.05, 0) is 49.6 Å². The number of alkyl halides is 1. The minimum Gasteiger partial charge on any atom is -0.461 e. The molecule has 2 aromatic heterocycles. The van der Waals surface area contributed by atoms with Crippen LogP contribution in [0, 0.1) is 29.9 Å². The van der Waals surface area contributed by atoms with E-state index in [0.717, 1.165) is 32.4 Å². The predicted octanol–water partition coefficient (Wildman–Crippen LogP) is 5.81. The Morgan fingerprint density at radius 3 is 2.83 bits per heavy atom. The second kappa shape index (κ2) is 11.1. The first-order chi connectivity index (χ1) is 22.3. The maximum atomic E-state index is 17.1. The lowest BCUT2D eigenvalue weighted by molar-refractivity contribution is 0.107. The third kappa shape index (κ3) is 4.54. The SMILES string of the molecule is C#Cc1c(F)ccc2cccc(-c3nc4c5c(nc(OC[C@@]67CCCN6C[C@H](F)C7)nc5c3F)N3C[C@@H](CC)NC[C@H]3[C@H](C)C4)c12. The Labute approximate surface area is 266 Å². The standard InChI is InChI=1S/C36H37F3N6O/c1-4-23-18-45-28(16-40-23)20(3)14-27-30-33(42-35(43-34(30)45)46-19-36-12-7-13-44(36)17-22(37)15-36)31(39)32(41-27)25-9-6-8-21-10-11-26(38)24(5-2)29(21)25/h2,6,8-11,20,22-23,28,40H,4,7,12-19H2,1,3H3/t20-,22-,23-,28+,36+/m1/s1. The molecule has 3 fully saturated rings. The summed E-state index contributed by atoms with van der Waals surface area (Å²) < 4.78 is 52.9. The number of pyridine rings is 1. The molecule has 4 aliphatic rings. The van der Waals surface area contributed by atoms with E-state index in [0.29, 0.717) is 59.2 Å². The maximum Gasteiger partial charge on any atom is 0.319 e. The van der Waals surface area contributed by atoms with E-state index >= 15 is 4.39 Å². The van der Waals surface area contributed by atoms with Crippen molar-refractivity contribution in [2.24, 2.45) is 5.92 Å². The molecule has 0 bridgehead atoms. The molecule has 0 unspecified atom stereocenters. The van der Waals surface area contributed by atoms with E-state index < -0.39 is 23.3 Å². The molecule has 5 atom stereocenters. The molecule has 1 N–H and O–H groups in total. The van der Waals surface area contributed by atoms with E-state index in [9.17, 15) is 8.78 Å². The van der Waals surface area contributed by atoms with Crippen LogP contribution in [0.1, 0.15) is 50.8 Å². The Morgan fingerprint density at radius 1 is 1.13 bits per heavy atom. The molecule has 2 aromatic carbocycles. The van der Waals surface area contributed by atoms with Gasteiger partial charge in [-0.2, -0.15) is 9.97 Å². The number of benzene rings is 2. The normalized spacial score (nSPS) is 27.4. The summed E-state index contributed by atoms with van der Waals surface area (Å²) in [6.45, 7) is 7.27. The maximum absolute atomic E-state index is 17.1. The van der Waals surface area contributed by atoms with E-state index in [4.69, 9.17) is 26.1 Å². The summed E-state index contributed by atoms with van der Waals surface area (Å²) in [5.41, 5.74) is 0.945. The van der Waals surface area contributed by atoms with Gasteiger partial charge in [0.2, 0.25) is 0 Å². The molecule has 6 heterocycles. The van der Waals surface area contributed by atoms with Gasteiger partial charge in [-0.25, -0.2) is 18.2 Å². The summed E-state index contributed by atoms with van der Waals surface area (Å²) in [6.07, 6.45) is 8.63. The third-order valence-electron chi connectivity index (χ3n) is 10.8. The third-order valence-corrected chi connectivity index (χ3v) is 10.8. The number of ether oxygens (including phenoxy) is 1. The van der Waals surface area contributed by atoms with Gasteiger partial charge >= 0.3 is 6.01 Å². The largest absolute Gasteiger partial charge is 0.461 e. The number of anilines is 1. The number of hydrogen-bond donors (Lipinski definition) is 1. The molecule has 0 amide bonds. The predicted molar refractivity (Wildman–Crippen MR) is 173 cm³/mol. The smallest absolute Gasteiger partial charge is 0.319 e. The van der Waals surface area contributed by atoms with Gasteiger partial charge in [-0.3, -0.25) is 4.90 Å². The number of piperazine rings is 1. The van der Waals surface area contributed by atoms with Crippen LogP contribution in [0.2, 0.25) is 0 Å². The van der Waals surface area contributed by atoms with Gasteiger partial charge in [-0.1, -0.05) is 44.0 Å². The highest BCUT2D eigenvalue weighted by Crippen LogP contribution is 2.43. The van der Waals surface area contributed by atoms with Crippen LogP contribution in [-0.4, -0.2) is 76.4 Å². The van der Waals surface area contributed by atoms with Crippen molar-refractivity contribution in [3.05, 3.63) is 53.2 Å². The van der Waals surface area contributed by atoms with Crippen LogP contribution in [0.5, 0.6) is 6.01 Å². The molecular formula is C36H37F3N6O. The molecule has 7 nitrogen and oxygen atoms in total. The molecule has 4 aromatic rings. The lowest BCUT2D eigenvalue weighted by Crippen LogP contribution is -2.58. The molecule has 0 aliphatic carbocycles. The van der Waals surface area contributed by atoms with Crippen LogP contribution in [0.25, 0.3) is 32.9 Å². The molecule has 10 heteroatoms. The first-order valence-corrected chi connectivity index (χ1v) is 16.4. The van der Waals surface area contributed by atoms with Crippen molar-refractivity contribution in [2.45, 2.75) is 69.7 Å². The van der Waals surface area contributed by atoms with Gasteiger partial charge in [0, 0.05) is 49.1 Å². The molecule has 8 rings (SSSR count). The summed E-state index contributed by atoms with van der Waals surface area (Å²) in [6, 6.07) is 8.74. The molecule has 0 spiro atoms. The monoisotopic (exact) mass is 626 g/mol. The second-order valence-electron chi connectivity index (χ2n) is 13.5. The Bertz CT molecular complexity index is 1910. The van der Waals surface area contributed by atoms with Crippen molar-refractivity contribution in [3.63, 3.8) is 0 Å². The average molecular weight is 627 g/mol. The van der Waals surface area contributed by atoms with Crippen LogP contribution in [0.3, 0.4) is 0 Å². The van der Waals surface area contributed by atoms with Crippen molar-refractivity contribution in [3.8, 4) is 29.6 Å². The van der Waals surface area contributed by atoms with Crippen LogP contribution < -0.4 is 15.0 Å². The van der Waals surface area contributed by atoms with E-state index in [-0.39, 0.29) is 47.4 Å². The summed E-state index contributed by atoms with van der Waals surface area (Å²) >= 11 is 0. The number of halogens is 3. The number of fused-ring (bicyclic) bond motifs is 4. The minimum atomic E-state index is -0.896. The number of rotatable bonds is 5. The fourth-order valence-corrected chi connectivity index (χ4v) is 8.45. The van der Waals surface area contributed by atoms with E-state index in [1.807, 2.05) is 6.07 Å². The van der Waals surface area contributed by atoms with Gasteiger partial charge in [0.1, 0.15) is 35.6 Å². The van der Waals surface area contributed by atoms with Crippen molar-refractivity contribution >= 4 is 27.5 Å². The minimum absolute atomic E-state index is 0.0675. The summed E-state index contributed by atoms with van der Waals surface area (Å²) in [5, 5.41) is 5.38. The van der Waals surface area contributed by atoms with Crippen molar-refractivity contribution in [1.29, 1.82) is 0 Å². The van der Waals surface area contributed by atoms with Gasteiger partial charge in [0.15, 0.2) is 5.82 Å². The Morgan fingerprint density at radius 2 is 2.00 bits per heavy atom. The first kappa shape index (κ1) is 29.5. The molecule has 0 radical (unpaired) electrons. The van der Waals surface area contributed by atoms with Gasteiger partial charge in [0.05, 0.1) is 22.2 Å². The van der Waals surface area contributed by atoms with E-state index in [1.165, 1.54) is 6.07 Å². The fourth-order valence-electron chi connectivity index (χ4n) is 8.45. The first-order valence-electron chi connectivity index (χ1n) is 16.4. The van der Waals surface area contributed by atoms with Gasteiger partial charge < -0.3 is 15.0 Å². The van der Waals surface area contributed by atoms with Gasteiger partial charge in [-0.15, -0.1) is 6.42 Å². The Balaban J connectivity index is 1.33. The van der Waals surface area contributed by atoms with Crippen LogP contribution in [-0.2, 0) is 6.42 Å². The Hall–Kier alpha value is -3.94. The summed E-state index contributed by atoms with van der Waals surface area (Å²) in [4.78, 5) is 19.1. The van der Waals surface area contributed by atoms with Crippen LogP contribution in [0.4, 0.5) is 19.0 Å². The highest BCUT2D eigenvalue weighted by atomic mass is 19.1. The number of terminal acetylenes is 1. The molecular weight excluding hydrogens is 589 g/mol. The number of aromatic nitrogens is 3. The highest BCUT2D eigenvalue weighted by Gasteiger charge is 2.49. The topological polar surface area (TPSA) is 66.4 Å². The number of hydrogen-bond acceptors (Lipinski definition) is 7. The molecule has 238 valence electrons. The fraction of sp³-hybridized carbons (Fsp3) is 0.472. The van der Waals surface area contributed by atoms with E-state index in [2.05, 4.69) is 34.9 Å². The van der Waals surface area contributed by atoms with Crippen molar-refractivity contribution < 1.29 is 17.9 Å². The van der Waals surface area contributed by atoms with Crippen molar-refractivity contribution in [1.82, 2.24) is 25.2 Å². The molecule has 4 aliphatic heterocycles. The van der Waals surface area contributed by atoms with Crippen LogP contribution in [0.15, 0.2) is 30.3 Å². The van der Waals surface area contributed by atoms with Crippen molar-refractivity contribution in [2.75, 3.05) is 37.7 Å². The molecule has 46 heavy (non-hydrogen) atoms. The summed E-state index contributed by atoms with van der Waals surface area (Å²) in [7, 11) is 0. The lowest BCUT2D eigenvalue weighted by Gasteiger charge is -2.42. The quantitative estimate of drug-likeness (QED) is 0.281.